The molecule has 0 aliphatic carbocycles. The van der Waals surface area contributed by atoms with Gasteiger partial charge in [0.25, 0.3) is 5.91 Å². The lowest BCUT2D eigenvalue weighted by molar-refractivity contribution is -0.132. The van der Waals surface area contributed by atoms with Gasteiger partial charge in [0.15, 0.2) is 0 Å². The average Bonchev–Trinajstić information content (AvgIpc) is 3.07. The molecule has 1 amide bonds. The number of phenolic OH excluding ortho intramolecular Hbond substituents is 1. The Labute approximate surface area is 199 Å². The molecule has 0 radical (unpaired) electrons. The number of aliphatic carboxylic acids is 1. The molecular formula is C24H21ClN2O5S. The molecule has 33 heavy (non-hydrogen) atoms. The summed E-state index contributed by atoms with van der Waals surface area (Å²) < 4.78 is 0. The monoisotopic (exact) mass is 484 g/mol. The molecule has 170 valence electrons. The van der Waals surface area contributed by atoms with Gasteiger partial charge in [0, 0.05) is 0 Å². The fraction of sp³-hybridized carbons (Fsp3) is 0.125. The van der Waals surface area contributed by atoms with Crippen LogP contribution in [0.5, 0.6) is 5.75 Å². The molecule has 0 spiro atoms. The summed E-state index contributed by atoms with van der Waals surface area (Å²) in [4.78, 5) is 29.2. The maximum absolute atomic E-state index is 12.7. The van der Waals surface area contributed by atoms with Gasteiger partial charge in [-0.2, -0.15) is 0 Å². The van der Waals surface area contributed by atoms with Crippen LogP contribution in [0.25, 0.3) is 12.2 Å². The number of phenols is 1. The first kappa shape index (κ1) is 24.2. The van der Waals surface area contributed by atoms with E-state index in [2.05, 4.69) is 10.3 Å². The molecule has 4 N–H and O–H groups in total. The van der Waals surface area contributed by atoms with Crippen molar-refractivity contribution in [2.75, 3.05) is 0 Å². The number of rotatable bonds is 7. The zero-order chi connectivity index (χ0) is 24.1. The summed E-state index contributed by atoms with van der Waals surface area (Å²) in [5.74, 6) is -1.88. The van der Waals surface area contributed by atoms with Crippen LogP contribution in [0.1, 0.15) is 43.2 Å². The quantitative estimate of drug-likeness (QED) is 0.360. The number of halogens is 1. The minimum absolute atomic E-state index is 0.0596. The number of aromatic nitrogens is 1. The van der Waals surface area contributed by atoms with Crippen LogP contribution in [-0.4, -0.2) is 32.2 Å². The summed E-state index contributed by atoms with van der Waals surface area (Å²) in [7, 11) is 0. The van der Waals surface area contributed by atoms with Crippen molar-refractivity contribution in [2.24, 2.45) is 0 Å². The SMILES string of the molecule is Cc1nc(C)c(/C=C(\NC(=O)c2ccc(C(O)/C=C/c3cccc(O)c3)cc2Cl)C(=O)O)s1. The van der Waals surface area contributed by atoms with Crippen molar-refractivity contribution in [2.45, 2.75) is 20.0 Å². The number of aromatic hydroxyl groups is 1. The van der Waals surface area contributed by atoms with Crippen LogP contribution in [0.4, 0.5) is 0 Å². The Balaban J connectivity index is 1.77. The maximum Gasteiger partial charge on any atom is 0.352 e. The molecular weight excluding hydrogens is 464 g/mol. The number of thiazole rings is 1. The minimum atomic E-state index is -1.30. The summed E-state index contributed by atoms with van der Waals surface area (Å²) in [6.07, 6.45) is 3.52. The predicted molar refractivity (Wildman–Crippen MR) is 128 cm³/mol. The maximum atomic E-state index is 12.7. The van der Waals surface area contributed by atoms with E-state index < -0.39 is 18.0 Å². The Kier molecular flexibility index (Phi) is 7.65. The number of hydrogen-bond acceptors (Lipinski definition) is 6. The van der Waals surface area contributed by atoms with Crippen molar-refractivity contribution in [3.05, 3.63) is 91.5 Å². The van der Waals surface area contributed by atoms with Gasteiger partial charge in [-0.05, 0) is 55.3 Å². The summed E-state index contributed by atoms with van der Waals surface area (Å²) in [5.41, 5.74) is 1.57. The van der Waals surface area contributed by atoms with E-state index in [0.717, 1.165) is 5.01 Å². The van der Waals surface area contributed by atoms with Gasteiger partial charge in [-0.1, -0.05) is 42.0 Å². The van der Waals surface area contributed by atoms with Crippen LogP contribution in [0, 0.1) is 13.8 Å². The molecule has 3 aromatic rings. The van der Waals surface area contributed by atoms with Gasteiger partial charge in [0.1, 0.15) is 11.4 Å². The van der Waals surface area contributed by atoms with Gasteiger partial charge in [-0.25, -0.2) is 9.78 Å². The van der Waals surface area contributed by atoms with Gasteiger partial charge in [0.2, 0.25) is 0 Å². The topological polar surface area (TPSA) is 120 Å². The number of hydrogen-bond donors (Lipinski definition) is 4. The van der Waals surface area contributed by atoms with E-state index in [0.29, 0.717) is 21.7 Å². The molecule has 1 unspecified atom stereocenters. The van der Waals surface area contributed by atoms with Crippen LogP contribution >= 0.6 is 22.9 Å². The number of carbonyl (C=O) groups excluding carboxylic acids is 1. The van der Waals surface area contributed by atoms with Gasteiger partial charge in [0.05, 0.1) is 32.3 Å². The highest BCUT2D eigenvalue weighted by Gasteiger charge is 2.18. The molecule has 0 aliphatic rings. The largest absolute Gasteiger partial charge is 0.508 e. The standard InChI is InChI=1S/C24H21ClN2O5S/c1-13-22(33-14(2)26-13)12-20(24(31)32)27-23(30)18-8-7-16(11-19(18)25)21(29)9-6-15-4-3-5-17(28)10-15/h3-12,21,28-29H,1-2H3,(H,27,30)(H,31,32)/b9-6+,20-12-. The number of nitrogens with zero attached hydrogens (tertiary/aromatic N) is 1. The Morgan fingerprint density at radius 3 is 2.55 bits per heavy atom. The number of amides is 1. The third-order valence-electron chi connectivity index (χ3n) is 4.61. The summed E-state index contributed by atoms with van der Waals surface area (Å²) in [6.45, 7) is 3.56. The molecule has 0 saturated heterocycles. The molecule has 2 aromatic carbocycles. The second-order valence-corrected chi connectivity index (χ2v) is 8.78. The van der Waals surface area contributed by atoms with E-state index in [-0.39, 0.29) is 22.0 Å². The van der Waals surface area contributed by atoms with Crippen LogP contribution in [-0.2, 0) is 4.79 Å². The van der Waals surface area contributed by atoms with E-state index in [4.69, 9.17) is 11.6 Å². The summed E-state index contributed by atoms with van der Waals surface area (Å²) in [5, 5.41) is 32.6. The number of carboxylic acids is 1. The van der Waals surface area contributed by atoms with Gasteiger partial charge in [-0.3, -0.25) is 4.79 Å². The molecule has 1 atom stereocenters. The van der Waals surface area contributed by atoms with Gasteiger partial charge < -0.3 is 20.6 Å². The highest BCUT2D eigenvalue weighted by molar-refractivity contribution is 7.12. The molecule has 0 saturated carbocycles. The van der Waals surface area contributed by atoms with E-state index in [1.54, 1.807) is 37.3 Å². The Bertz CT molecular complexity index is 1270. The molecule has 7 nitrogen and oxygen atoms in total. The number of carboxylic acid groups (broad SMARTS) is 1. The average molecular weight is 485 g/mol. The molecule has 9 heteroatoms. The Morgan fingerprint density at radius 1 is 1.18 bits per heavy atom. The van der Waals surface area contributed by atoms with E-state index in [1.165, 1.54) is 41.7 Å². The van der Waals surface area contributed by atoms with Crippen LogP contribution < -0.4 is 5.32 Å². The lowest BCUT2D eigenvalue weighted by Crippen LogP contribution is -2.27. The predicted octanol–water partition coefficient (Wildman–Crippen LogP) is 4.72. The van der Waals surface area contributed by atoms with Gasteiger partial charge >= 0.3 is 5.97 Å². The number of aliphatic hydroxyl groups is 1. The van der Waals surface area contributed by atoms with E-state index >= 15 is 0 Å². The van der Waals surface area contributed by atoms with Crippen LogP contribution in [0.15, 0.2) is 54.2 Å². The highest BCUT2D eigenvalue weighted by atomic mass is 35.5. The summed E-state index contributed by atoms with van der Waals surface area (Å²) >= 11 is 7.57. The second kappa shape index (κ2) is 10.4. The molecule has 0 aliphatic heterocycles. The molecule has 1 heterocycles. The molecule has 0 fully saturated rings. The van der Waals surface area contributed by atoms with Crippen molar-refractivity contribution in [1.82, 2.24) is 10.3 Å². The second-order valence-electron chi connectivity index (χ2n) is 7.14. The number of nitrogens with one attached hydrogen (secondary N) is 1. The number of carbonyl (C=O) groups is 2. The minimum Gasteiger partial charge on any atom is -0.508 e. The smallest absolute Gasteiger partial charge is 0.352 e. The molecule has 0 bridgehead atoms. The first-order valence-electron chi connectivity index (χ1n) is 9.79. The third-order valence-corrected chi connectivity index (χ3v) is 5.95. The lowest BCUT2D eigenvalue weighted by atomic mass is 10.0. The number of aryl methyl sites for hydroxylation is 2. The lowest BCUT2D eigenvalue weighted by Gasteiger charge is -2.11. The molecule has 3 rings (SSSR count). The highest BCUT2D eigenvalue weighted by Crippen LogP contribution is 2.25. The van der Waals surface area contributed by atoms with Crippen molar-refractivity contribution in [3.63, 3.8) is 0 Å². The first-order chi connectivity index (χ1) is 15.6. The Morgan fingerprint density at radius 2 is 1.94 bits per heavy atom. The van der Waals surface area contributed by atoms with Crippen LogP contribution in [0.2, 0.25) is 5.02 Å². The van der Waals surface area contributed by atoms with Crippen molar-refractivity contribution in [3.8, 4) is 5.75 Å². The fourth-order valence-corrected chi connectivity index (χ4v) is 4.14. The summed E-state index contributed by atoms with van der Waals surface area (Å²) in [6, 6.07) is 10.9. The van der Waals surface area contributed by atoms with Gasteiger partial charge in [-0.15, -0.1) is 11.3 Å². The van der Waals surface area contributed by atoms with Crippen molar-refractivity contribution >= 4 is 47.0 Å². The van der Waals surface area contributed by atoms with Crippen molar-refractivity contribution < 1.29 is 24.9 Å². The zero-order valence-corrected chi connectivity index (χ0v) is 19.3. The molecule has 1 aromatic heterocycles. The van der Waals surface area contributed by atoms with Crippen LogP contribution in [0.3, 0.4) is 0 Å². The third kappa shape index (κ3) is 6.29. The van der Waals surface area contributed by atoms with E-state index in [9.17, 15) is 24.9 Å². The van der Waals surface area contributed by atoms with E-state index in [1.807, 2.05) is 6.92 Å². The fourth-order valence-electron chi connectivity index (χ4n) is 2.99. The number of aliphatic hydroxyl groups excluding tert-OH is 1. The number of benzene rings is 2. The first-order valence-corrected chi connectivity index (χ1v) is 11.0. The zero-order valence-electron chi connectivity index (χ0n) is 17.7. The normalized spacial score (nSPS) is 12.7. The van der Waals surface area contributed by atoms with Crippen molar-refractivity contribution in [1.29, 1.82) is 0 Å². The Hall–Kier alpha value is -3.46.